The number of rotatable bonds is 4. The van der Waals surface area contributed by atoms with Crippen molar-refractivity contribution in [2.75, 3.05) is 0 Å². The summed E-state index contributed by atoms with van der Waals surface area (Å²) in [7, 11) is 0. The van der Waals surface area contributed by atoms with E-state index in [0.717, 1.165) is 16.8 Å². The Hall–Kier alpha value is -2.73. The topological polar surface area (TPSA) is 85.3 Å². The fraction of sp³-hybridized carbons (Fsp3) is 0.235. The third kappa shape index (κ3) is 3.22. The van der Waals surface area contributed by atoms with Crippen LogP contribution in [-0.4, -0.2) is 20.3 Å². The second kappa shape index (κ2) is 6.18. The van der Waals surface area contributed by atoms with E-state index in [1.807, 2.05) is 44.3 Å². The Morgan fingerprint density at radius 1 is 1.35 bits per heavy atom. The molecule has 2 heterocycles. The molecule has 0 saturated carbocycles. The van der Waals surface area contributed by atoms with Crippen LogP contribution in [0.1, 0.15) is 40.3 Å². The van der Waals surface area contributed by atoms with Crippen molar-refractivity contribution in [2.24, 2.45) is 5.73 Å². The molecule has 118 valence electrons. The van der Waals surface area contributed by atoms with Gasteiger partial charge in [-0.1, -0.05) is 24.3 Å². The summed E-state index contributed by atoms with van der Waals surface area (Å²) in [6, 6.07) is 7.88. The Morgan fingerprint density at radius 2 is 2.09 bits per heavy atom. The third-order valence-corrected chi connectivity index (χ3v) is 3.67. The van der Waals surface area contributed by atoms with Crippen LogP contribution < -0.4 is 11.1 Å². The summed E-state index contributed by atoms with van der Waals surface area (Å²) in [5.74, 6) is -0.238. The average Bonchev–Trinajstić information content (AvgIpc) is 2.93. The number of benzene rings is 1. The molecule has 0 radical (unpaired) electrons. The van der Waals surface area contributed by atoms with Crippen LogP contribution in [0.3, 0.4) is 0 Å². The van der Waals surface area contributed by atoms with Gasteiger partial charge in [-0.2, -0.15) is 0 Å². The fourth-order valence-corrected chi connectivity index (χ4v) is 2.41. The first-order chi connectivity index (χ1) is 11.0. The smallest absolute Gasteiger partial charge is 0.274 e. The molecule has 23 heavy (non-hydrogen) atoms. The van der Waals surface area contributed by atoms with Crippen molar-refractivity contribution in [1.82, 2.24) is 19.7 Å². The zero-order chi connectivity index (χ0) is 16.4. The minimum atomic E-state index is -0.238. The minimum Gasteiger partial charge on any atom is -0.347 e. The number of amides is 1. The first kappa shape index (κ1) is 15.2. The number of imidazole rings is 1. The molecule has 6 nitrogen and oxygen atoms in total. The fourth-order valence-electron chi connectivity index (χ4n) is 2.41. The van der Waals surface area contributed by atoms with Crippen molar-refractivity contribution in [1.29, 1.82) is 0 Å². The molecule has 0 aliphatic rings. The second-order valence-corrected chi connectivity index (χ2v) is 5.60. The van der Waals surface area contributed by atoms with Crippen LogP contribution in [0.5, 0.6) is 0 Å². The van der Waals surface area contributed by atoms with Crippen molar-refractivity contribution in [3.05, 3.63) is 65.4 Å². The van der Waals surface area contributed by atoms with E-state index >= 15 is 0 Å². The molecule has 1 atom stereocenters. The lowest BCUT2D eigenvalue weighted by molar-refractivity contribution is 0.0947. The lowest BCUT2D eigenvalue weighted by Gasteiger charge is -2.08. The van der Waals surface area contributed by atoms with Crippen LogP contribution in [0.2, 0.25) is 0 Å². The van der Waals surface area contributed by atoms with Crippen LogP contribution in [-0.2, 0) is 6.54 Å². The highest BCUT2D eigenvalue weighted by Crippen LogP contribution is 2.11. The van der Waals surface area contributed by atoms with Gasteiger partial charge in [0, 0.05) is 31.2 Å². The van der Waals surface area contributed by atoms with Gasteiger partial charge in [0.25, 0.3) is 5.91 Å². The minimum absolute atomic E-state index is 0.00382. The number of nitrogens with one attached hydrogen (secondary N) is 1. The van der Waals surface area contributed by atoms with E-state index in [1.54, 1.807) is 16.8 Å². The van der Waals surface area contributed by atoms with E-state index < -0.39 is 0 Å². The number of carbonyl (C=O) groups excluding carboxylic acids is 1. The van der Waals surface area contributed by atoms with Gasteiger partial charge in [0.2, 0.25) is 0 Å². The van der Waals surface area contributed by atoms with E-state index in [9.17, 15) is 4.79 Å². The lowest BCUT2D eigenvalue weighted by atomic mass is 10.1. The van der Waals surface area contributed by atoms with Gasteiger partial charge in [0.05, 0.1) is 5.69 Å². The molecule has 0 aliphatic carbocycles. The van der Waals surface area contributed by atoms with Crippen molar-refractivity contribution in [3.8, 4) is 0 Å². The first-order valence-corrected chi connectivity index (χ1v) is 7.47. The van der Waals surface area contributed by atoms with Gasteiger partial charge in [-0.15, -0.1) is 0 Å². The van der Waals surface area contributed by atoms with E-state index in [4.69, 9.17) is 5.73 Å². The van der Waals surface area contributed by atoms with Crippen LogP contribution in [0.15, 0.2) is 42.9 Å². The monoisotopic (exact) mass is 309 g/mol. The normalized spacial score (nSPS) is 12.3. The summed E-state index contributed by atoms with van der Waals surface area (Å²) < 4.78 is 1.80. The summed E-state index contributed by atoms with van der Waals surface area (Å²) in [4.78, 5) is 20.9. The lowest BCUT2D eigenvalue weighted by Crippen LogP contribution is -2.24. The molecule has 1 amide bonds. The van der Waals surface area contributed by atoms with Gasteiger partial charge in [-0.3, -0.25) is 4.79 Å². The molecule has 3 aromatic rings. The third-order valence-electron chi connectivity index (χ3n) is 3.67. The van der Waals surface area contributed by atoms with Gasteiger partial charge < -0.3 is 15.5 Å². The van der Waals surface area contributed by atoms with Crippen molar-refractivity contribution in [2.45, 2.75) is 26.4 Å². The Kier molecular flexibility index (Phi) is 4.08. The largest absolute Gasteiger partial charge is 0.347 e. The number of fused-ring (bicyclic) bond motifs is 1. The average molecular weight is 309 g/mol. The number of aryl methyl sites for hydroxylation is 1. The molecular formula is C17H19N5O. The molecule has 2 aromatic heterocycles. The zero-order valence-electron chi connectivity index (χ0n) is 13.2. The number of hydrogen-bond donors (Lipinski definition) is 2. The molecule has 0 spiro atoms. The Balaban J connectivity index is 1.73. The highest BCUT2D eigenvalue weighted by Gasteiger charge is 2.13. The summed E-state index contributed by atoms with van der Waals surface area (Å²) in [6.07, 6.45) is 5.24. The summed E-state index contributed by atoms with van der Waals surface area (Å²) >= 11 is 0. The maximum atomic E-state index is 12.4. The van der Waals surface area contributed by atoms with Crippen molar-refractivity contribution < 1.29 is 4.79 Å². The van der Waals surface area contributed by atoms with Crippen LogP contribution in [0.25, 0.3) is 5.65 Å². The summed E-state index contributed by atoms with van der Waals surface area (Å²) in [5.41, 5.74) is 9.64. The molecule has 0 fully saturated rings. The highest BCUT2D eigenvalue weighted by molar-refractivity contribution is 5.97. The zero-order valence-corrected chi connectivity index (χ0v) is 13.2. The predicted octanol–water partition coefficient (Wildman–Crippen LogP) is 1.99. The number of nitrogens with two attached hydrogens (primary N) is 1. The van der Waals surface area contributed by atoms with Crippen LogP contribution >= 0.6 is 0 Å². The van der Waals surface area contributed by atoms with Gasteiger partial charge in [-0.25, -0.2) is 9.97 Å². The SMILES string of the molecule is Cc1cn2ccnc(C(=O)NCc3ccc(C(C)N)cc3)c2n1. The predicted molar refractivity (Wildman–Crippen MR) is 87.9 cm³/mol. The second-order valence-electron chi connectivity index (χ2n) is 5.60. The molecule has 1 unspecified atom stereocenters. The van der Waals surface area contributed by atoms with Crippen LogP contribution in [0, 0.1) is 6.92 Å². The standard InChI is InChI=1S/C17H19N5O/c1-11-10-22-8-7-19-15(16(22)21-11)17(23)20-9-13-3-5-14(6-4-13)12(2)18/h3-8,10,12H,9,18H2,1-2H3,(H,20,23). The van der Waals surface area contributed by atoms with E-state index in [2.05, 4.69) is 15.3 Å². The Bertz CT molecular complexity index is 836. The highest BCUT2D eigenvalue weighted by atomic mass is 16.1. The molecule has 3 rings (SSSR count). The molecule has 0 aliphatic heterocycles. The summed E-state index contributed by atoms with van der Waals surface area (Å²) in [6.45, 7) is 4.25. The van der Waals surface area contributed by atoms with E-state index in [0.29, 0.717) is 17.9 Å². The molecule has 6 heteroatoms. The molecule has 1 aromatic carbocycles. The number of hydrogen-bond acceptors (Lipinski definition) is 4. The molecular weight excluding hydrogens is 290 g/mol. The van der Waals surface area contributed by atoms with Gasteiger partial charge in [0.1, 0.15) is 0 Å². The van der Waals surface area contributed by atoms with Crippen molar-refractivity contribution >= 4 is 11.6 Å². The summed E-state index contributed by atoms with van der Waals surface area (Å²) in [5, 5.41) is 2.88. The molecule has 0 saturated heterocycles. The van der Waals surface area contributed by atoms with Crippen molar-refractivity contribution in [3.63, 3.8) is 0 Å². The molecule has 3 N–H and O–H groups in total. The quantitative estimate of drug-likeness (QED) is 0.772. The van der Waals surface area contributed by atoms with E-state index in [-0.39, 0.29) is 11.9 Å². The molecule has 0 bridgehead atoms. The maximum absolute atomic E-state index is 12.4. The Morgan fingerprint density at radius 3 is 2.78 bits per heavy atom. The Labute approximate surface area is 134 Å². The number of aromatic nitrogens is 3. The van der Waals surface area contributed by atoms with Gasteiger partial charge >= 0.3 is 0 Å². The van der Waals surface area contributed by atoms with Crippen LogP contribution in [0.4, 0.5) is 0 Å². The van der Waals surface area contributed by atoms with Gasteiger partial charge in [0.15, 0.2) is 11.3 Å². The van der Waals surface area contributed by atoms with E-state index in [1.165, 1.54) is 0 Å². The van der Waals surface area contributed by atoms with Gasteiger partial charge in [-0.05, 0) is 25.0 Å². The maximum Gasteiger partial charge on any atom is 0.274 e. The number of nitrogens with zero attached hydrogens (tertiary/aromatic N) is 3. The first-order valence-electron chi connectivity index (χ1n) is 7.47. The number of carbonyl (C=O) groups is 1.